The Morgan fingerprint density at radius 2 is 2.29 bits per heavy atom. The van der Waals surface area contributed by atoms with Crippen LogP contribution in [0.1, 0.15) is 9.67 Å². The van der Waals surface area contributed by atoms with Crippen LogP contribution in [0.15, 0.2) is 36.9 Å². The molecule has 0 amide bonds. The molecule has 0 saturated heterocycles. The molecule has 1 aromatic carbocycles. The van der Waals surface area contributed by atoms with Crippen molar-refractivity contribution < 1.29 is 4.79 Å². The van der Waals surface area contributed by atoms with Crippen LogP contribution in [-0.4, -0.2) is 5.78 Å². The van der Waals surface area contributed by atoms with Crippen LogP contribution in [-0.2, 0) is 0 Å². The van der Waals surface area contributed by atoms with Gasteiger partial charge in [-0.1, -0.05) is 30.3 Å². The van der Waals surface area contributed by atoms with E-state index in [4.69, 9.17) is 11.6 Å². The van der Waals surface area contributed by atoms with Crippen LogP contribution in [0.4, 0.5) is 0 Å². The predicted molar refractivity (Wildman–Crippen MR) is 61.4 cm³/mol. The largest absolute Gasteiger partial charge is 0.288 e. The summed E-state index contributed by atoms with van der Waals surface area (Å²) in [5, 5.41) is 1.70. The van der Waals surface area contributed by atoms with E-state index in [1.54, 1.807) is 0 Å². The van der Waals surface area contributed by atoms with Crippen LogP contribution in [0, 0.1) is 0 Å². The average Bonchev–Trinajstić information content (AvgIpc) is 2.62. The van der Waals surface area contributed by atoms with Crippen LogP contribution in [0.25, 0.3) is 10.1 Å². The standard InChI is InChI=1S/C11H7ClOS/c1-2-9(13)10-6-7-4-3-5-8(12)11(7)14-10/h2-6H,1H2. The van der Waals surface area contributed by atoms with E-state index in [-0.39, 0.29) is 5.78 Å². The highest BCUT2D eigenvalue weighted by Crippen LogP contribution is 2.31. The molecule has 0 aliphatic rings. The van der Waals surface area contributed by atoms with E-state index in [2.05, 4.69) is 6.58 Å². The van der Waals surface area contributed by atoms with E-state index in [0.717, 1.165) is 10.1 Å². The summed E-state index contributed by atoms with van der Waals surface area (Å²) in [6.45, 7) is 3.45. The van der Waals surface area contributed by atoms with Gasteiger partial charge in [0.25, 0.3) is 0 Å². The Bertz CT molecular complexity index is 513. The number of carbonyl (C=O) groups is 1. The van der Waals surface area contributed by atoms with Crippen molar-refractivity contribution in [3.8, 4) is 0 Å². The molecule has 0 saturated carbocycles. The zero-order chi connectivity index (χ0) is 10.1. The summed E-state index contributed by atoms with van der Waals surface area (Å²) in [5.41, 5.74) is 0. The molecule has 70 valence electrons. The molecule has 0 atom stereocenters. The van der Waals surface area contributed by atoms with Gasteiger partial charge in [0.2, 0.25) is 0 Å². The first-order valence-electron chi connectivity index (χ1n) is 4.07. The minimum atomic E-state index is -0.0535. The number of fused-ring (bicyclic) bond motifs is 1. The zero-order valence-electron chi connectivity index (χ0n) is 7.29. The highest BCUT2D eigenvalue weighted by atomic mass is 35.5. The average molecular weight is 223 g/mol. The Morgan fingerprint density at radius 1 is 1.50 bits per heavy atom. The van der Waals surface area contributed by atoms with Crippen molar-refractivity contribution in [3.05, 3.63) is 46.8 Å². The van der Waals surface area contributed by atoms with Crippen molar-refractivity contribution in [2.24, 2.45) is 0 Å². The first-order chi connectivity index (χ1) is 6.72. The van der Waals surface area contributed by atoms with Gasteiger partial charge in [0.15, 0.2) is 5.78 Å². The fourth-order valence-electron chi connectivity index (χ4n) is 1.25. The van der Waals surface area contributed by atoms with Gasteiger partial charge in [-0.25, -0.2) is 0 Å². The lowest BCUT2D eigenvalue weighted by Gasteiger charge is -1.89. The Balaban J connectivity index is 2.68. The van der Waals surface area contributed by atoms with Gasteiger partial charge in [0.05, 0.1) is 14.6 Å². The lowest BCUT2D eigenvalue weighted by molar-refractivity contribution is 0.105. The molecule has 1 nitrogen and oxygen atoms in total. The van der Waals surface area contributed by atoms with Crippen molar-refractivity contribution in [2.75, 3.05) is 0 Å². The number of carbonyl (C=O) groups excluding carboxylic acids is 1. The maximum absolute atomic E-state index is 11.3. The van der Waals surface area contributed by atoms with E-state index in [9.17, 15) is 4.79 Å². The first kappa shape index (κ1) is 9.44. The molecule has 0 N–H and O–H groups in total. The molecule has 0 unspecified atom stereocenters. The van der Waals surface area contributed by atoms with E-state index >= 15 is 0 Å². The van der Waals surface area contributed by atoms with Crippen LogP contribution >= 0.6 is 22.9 Å². The molecule has 3 heteroatoms. The summed E-state index contributed by atoms with van der Waals surface area (Å²) in [6.07, 6.45) is 1.32. The van der Waals surface area contributed by atoms with Gasteiger partial charge in [-0.3, -0.25) is 4.79 Å². The number of hydrogen-bond acceptors (Lipinski definition) is 2. The van der Waals surface area contributed by atoms with Crippen LogP contribution in [0.2, 0.25) is 5.02 Å². The normalized spacial score (nSPS) is 10.4. The molecule has 1 heterocycles. The van der Waals surface area contributed by atoms with E-state index in [1.165, 1.54) is 17.4 Å². The number of thiophene rings is 1. The van der Waals surface area contributed by atoms with E-state index < -0.39 is 0 Å². The molecule has 0 aliphatic carbocycles. The van der Waals surface area contributed by atoms with Crippen LogP contribution in [0.3, 0.4) is 0 Å². The van der Waals surface area contributed by atoms with Crippen LogP contribution in [0.5, 0.6) is 0 Å². The highest BCUT2D eigenvalue weighted by molar-refractivity contribution is 7.21. The van der Waals surface area contributed by atoms with Gasteiger partial charge in [0, 0.05) is 0 Å². The van der Waals surface area contributed by atoms with Crippen molar-refractivity contribution in [2.45, 2.75) is 0 Å². The van der Waals surface area contributed by atoms with Gasteiger partial charge >= 0.3 is 0 Å². The summed E-state index contributed by atoms with van der Waals surface area (Å²) in [6, 6.07) is 7.48. The van der Waals surface area contributed by atoms with Crippen molar-refractivity contribution in [3.63, 3.8) is 0 Å². The molecular formula is C11H7ClOS. The topological polar surface area (TPSA) is 17.1 Å². The summed E-state index contributed by atoms with van der Waals surface area (Å²) in [4.78, 5) is 12.0. The van der Waals surface area contributed by atoms with Crippen molar-refractivity contribution >= 4 is 38.8 Å². The molecule has 2 rings (SSSR count). The van der Waals surface area contributed by atoms with Gasteiger partial charge in [-0.05, 0) is 23.6 Å². The Morgan fingerprint density at radius 3 is 2.93 bits per heavy atom. The number of rotatable bonds is 2. The molecule has 14 heavy (non-hydrogen) atoms. The Hall–Kier alpha value is -1.12. The second-order valence-electron chi connectivity index (χ2n) is 2.84. The molecule has 0 bridgehead atoms. The summed E-state index contributed by atoms with van der Waals surface area (Å²) in [5.74, 6) is -0.0535. The molecule has 0 fully saturated rings. The lowest BCUT2D eigenvalue weighted by atomic mass is 10.2. The predicted octanol–water partition coefficient (Wildman–Crippen LogP) is 3.92. The second-order valence-corrected chi connectivity index (χ2v) is 4.30. The lowest BCUT2D eigenvalue weighted by Crippen LogP contribution is -1.86. The van der Waals surface area contributed by atoms with E-state index in [0.29, 0.717) is 9.90 Å². The monoisotopic (exact) mass is 222 g/mol. The quantitative estimate of drug-likeness (QED) is 0.556. The van der Waals surface area contributed by atoms with Crippen LogP contribution < -0.4 is 0 Å². The maximum atomic E-state index is 11.3. The SMILES string of the molecule is C=CC(=O)c1cc2cccc(Cl)c2s1. The minimum absolute atomic E-state index is 0.0535. The summed E-state index contributed by atoms with van der Waals surface area (Å²) in [7, 11) is 0. The van der Waals surface area contributed by atoms with Gasteiger partial charge in [0.1, 0.15) is 0 Å². The minimum Gasteiger partial charge on any atom is -0.288 e. The number of ketones is 1. The maximum Gasteiger partial charge on any atom is 0.195 e. The third-order valence-electron chi connectivity index (χ3n) is 1.92. The molecular weight excluding hydrogens is 216 g/mol. The fourth-order valence-corrected chi connectivity index (χ4v) is 2.55. The Kier molecular flexibility index (Phi) is 2.40. The number of halogens is 1. The zero-order valence-corrected chi connectivity index (χ0v) is 8.86. The van der Waals surface area contributed by atoms with Crippen molar-refractivity contribution in [1.82, 2.24) is 0 Å². The molecule has 2 aromatic rings. The fraction of sp³-hybridized carbons (Fsp3) is 0. The van der Waals surface area contributed by atoms with Gasteiger partial charge in [-0.2, -0.15) is 0 Å². The third-order valence-corrected chi connectivity index (χ3v) is 3.55. The third kappa shape index (κ3) is 1.47. The Labute approximate surface area is 90.6 Å². The smallest absolute Gasteiger partial charge is 0.195 e. The van der Waals surface area contributed by atoms with Crippen molar-refractivity contribution in [1.29, 1.82) is 0 Å². The second kappa shape index (κ2) is 3.56. The molecule has 1 aromatic heterocycles. The summed E-state index contributed by atoms with van der Waals surface area (Å²) >= 11 is 7.40. The molecule has 0 aliphatic heterocycles. The number of benzene rings is 1. The highest BCUT2D eigenvalue weighted by Gasteiger charge is 2.08. The van der Waals surface area contributed by atoms with Gasteiger partial charge in [-0.15, -0.1) is 11.3 Å². The molecule has 0 radical (unpaired) electrons. The number of allylic oxidation sites excluding steroid dienone is 1. The first-order valence-corrected chi connectivity index (χ1v) is 5.26. The summed E-state index contributed by atoms with van der Waals surface area (Å²) < 4.78 is 0.958. The van der Waals surface area contributed by atoms with Gasteiger partial charge < -0.3 is 0 Å². The number of hydrogen-bond donors (Lipinski definition) is 0. The van der Waals surface area contributed by atoms with E-state index in [1.807, 2.05) is 24.3 Å². The molecule has 0 spiro atoms.